The summed E-state index contributed by atoms with van der Waals surface area (Å²) < 4.78 is 0. The van der Waals surface area contributed by atoms with E-state index in [4.69, 9.17) is 5.73 Å². The van der Waals surface area contributed by atoms with Crippen molar-refractivity contribution < 1.29 is 9.59 Å². The monoisotopic (exact) mass is 340 g/mol. The van der Waals surface area contributed by atoms with Gasteiger partial charge in [0.15, 0.2) is 0 Å². The minimum atomic E-state index is -0.407. The standard InChI is InChI=1S/C21H28N2O2/c1-14(2)21(22)19(24)13-17(15-7-8-15)9-10-20(25)23-12-11-16-5-3-4-6-18(16)23/h3-6,9-10,14-15,17,21H,7-8,11-13,22H2,1-2H3/b10-9+/t17-,21-/m0/s1. The molecule has 1 amide bonds. The minimum absolute atomic E-state index is 0.0104. The van der Waals surface area contributed by atoms with Gasteiger partial charge in [-0.15, -0.1) is 0 Å². The maximum Gasteiger partial charge on any atom is 0.250 e. The molecular formula is C21H28N2O2. The molecule has 1 heterocycles. The number of amides is 1. The molecule has 1 fully saturated rings. The van der Waals surface area contributed by atoms with Crippen molar-refractivity contribution in [2.45, 2.75) is 45.6 Å². The molecule has 3 rings (SSSR count). The molecule has 1 aliphatic heterocycles. The summed E-state index contributed by atoms with van der Waals surface area (Å²) in [5.74, 6) is 0.933. The van der Waals surface area contributed by atoms with Crippen molar-refractivity contribution in [2.75, 3.05) is 11.4 Å². The van der Waals surface area contributed by atoms with E-state index >= 15 is 0 Å². The Kier molecular flexibility index (Phi) is 5.38. The highest BCUT2D eigenvalue weighted by Crippen LogP contribution is 2.39. The molecule has 1 aromatic rings. The number of para-hydroxylation sites is 1. The fourth-order valence-corrected chi connectivity index (χ4v) is 3.52. The Labute approximate surface area is 150 Å². The van der Waals surface area contributed by atoms with E-state index in [0.717, 1.165) is 31.5 Å². The predicted molar refractivity (Wildman–Crippen MR) is 100 cm³/mol. The van der Waals surface area contributed by atoms with Gasteiger partial charge in [0, 0.05) is 18.7 Å². The molecule has 25 heavy (non-hydrogen) atoms. The zero-order valence-electron chi connectivity index (χ0n) is 15.2. The Morgan fingerprint density at radius 2 is 2.00 bits per heavy atom. The molecule has 134 valence electrons. The van der Waals surface area contributed by atoms with Crippen LogP contribution in [0.25, 0.3) is 0 Å². The number of nitrogens with zero attached hydrogens (tertiary/aromatic N) is 1. The number of Topliss-reactive ketones (excluding diaryl/α,β-unsaturated/α-hetero) is 1. The second-order valence-electron chi connectivity index (χ2n) is 7.67. The number of ketones is 1. The van der Waals surface area contributed by atoms with Crippen LogP contribution in [0.1, 0.15) is 38.7 Å². The van der Waals surface area contributed by atoms with Crippen molar-refractivity contribution in [1.82, 2.24) is 0 Å². The van der Waals surface area contributed by atoms with Crippen molar-refractivity contribution >= 4 is 17.4 Å². The summed E-state index contributed by atoms with van der Waals surface area (Å²) in [5.41, 5.74) is 8.22. The minimum Gasteiger partial charge on any atom is -0.321 e. The molecule has 0 unspecified atom stereocenters. The lowest BCUT2D eigenvalue weighted by Crippen LogP contribution is -2.36. The van der Waals surface area contributed by atoms with Gasteiger partial charge in [0.05, 0.1) is 6.04 Å². The molecule has 1 aliphatic carbocycles. The van der Waals surface area contributed by atoms with Crippen LogP contribution in [0.2, 0.25) is 0 Å². The van der Waals surface area contributed by atoms with E-state index < -0.39 is 6.04 Å². The molecule has 0 saturated heterocycles. The predicted octanol–water partition coefficient (Wildman–Crippen LogP) is 3.10. The number of anilines is 1. The van der Waals surface area contributed by atoms with Crippen LogP contribution in [0.15, 0.2) is 36.4 Å². The third kappa shape index (κ3) is 4.18. The molecule has 2 aliphatic rings. The lowest BCUT2D eigenvalue weighted by molar-refractivity contribution is -0.122. The summed E-state index contributed by atoms with van der Waals surface area (Å²) in [6.07, 6.45) is 7.25. The maximum absolute atomic E-state index is 12.6. The smallest absolute Gasteiger partial charge is 0.250 e. The van der Waals surface area contributed by atoms with Gasteiger partial charge in [0.2, 0.25) is 0 Å². The Morgan fingerprint density at radius 1 is 1.28 bits per heavy atom. The second kappa shape index (κ2) is 7.52. The third-order valence-corrected chi connectivity index (χ3v) is 5.39. The number of carbonyl (C=O) groups is 2. The summed E-state index contributed by atoms with van der Waals surface area (Å²) >= 11 is 0. The van der Waals surface area contributed by atoms with Crippen molar-refractivity contribution in [2.24, 2.45) is 23.5 Å². The Balaban J connectivity index is 1.64. The fourth-order valence-electron chi connectivity index (χ4n) is 3.52. The van der Waals surface area contributed by atoms with Crippen molar-refractivity contribution in [1.29, 1.82) is 0 Å². The van der Waals surface area contributed by atoms with Gasteiger partial charge in [-0.05, 0) is 54.7 Å². The van der Waals surface area contributed by atoms with Crippen LogP contribution in [0, 0.1) is 17.8 Å². The van der Waals surface area contributed by atoms with Crippen LogP contribution in [0.5, 0.6) is 0 Å². The Hall–Kier alpha value is -1.94. The van der Waals surface area contributed by atoms with Crippen molar-refractivity contribution in [3.05, 3.63) is 42.0 Å². The zero-order chi connectivity index (χ0) is 18.0. The van der Waals surface area contributed by atoms with Crippen LogP contribution in [0.3, 0.4) is 0 Å². The van der Waals surface area contributed by atoms with Crippen LogP contribution in [-0.4, -0.2) is 24.3 Å². The Bertz CT molecular complexity index is 676. The molecular weight excluding hydrogens is 312 g/mol. The van der Waals surface area contributed by atoms with E-state index in [1.54, 1.807) is 6.08 Å². The van der Waals surface area contributed by atoms with Gasteiger partial charge in [0.25, 0.3) is 5.91 Å². The number of benzene rings is 1. The van der Waals surface area contributed by atoms with E-state index in [-0.39, 0.29) is 23.5 Å². The number of allylic oxidation sites excluding steroid dienone is 1. The molecule has 1 aromatic carbocycles. The van der Waals surface area contributed by atoms with Crippen molar-refractivity contribution in [3.8, 4) is 0 Å². The van der Waals surface area contributed by atoms with Crippen LogP contribution >= 0.6 is 0 Å². The van der Waals surface area contributed by atoms with Gasteiger partial charge in [-0.3, -0.25) is 9.59 Å². The highest BCUT2D eigenvalue weighted by molar-refractivity contribution is 6.02. The van der Waals surface area contributed by atoms with Gasteiger partial charge >= 0.3 is 0 Å². The number of nitrogens with two attached hydrogens (primary N) is 1. The first-order valence-corrected chi connectivity index (χ1v) is 9.33. The number of hydrogen-bond acceptors (Lipinski definition) is 3. The van der Waals surface area contributed by atoms with Crippen LogP contribution < -0.4 is 10.6 Å². The van der Waals surface area contributed by atoms with E-state index in [9.17, 15) is 9.59 Å². The highest BCUT2D eigenvalue weighted by Gasteiger charge is 2.33. The summed E-state index contributed by atoms with van der Waals surface area (Å²) in [4.78, 5) is 26.8. The average molecular weight is 340 g/mol. The number of hydrogen-bond donors (Lipinski definition) is 1. The molecule has 4 heteroatoms. The molecule has 0 spiro atoms. The SMILES string of the molecule is CC(C)[C@H](N)C(=O)C[C@H](/C=C/C(=O)N1CCc2ccccc21)C1CC1. The summed E-state index contributed by atoms with van der Waals surface area (Å²) in [7, 11) is 0. The van der Waals surface area contributed by atoms with Gasteiger partial charge in [0.1, 0.15) is 5.78 Å². The molecule has 0 aromatic heterocycles. The summed E-state index contributed by atoms with van der Waals surface area (Å²) in [5, 5.41) is 0. The van der Waals surface area contributed by atoms with Gasteiger partial charge < -0.3 is 10.6 Å². The molecule has 2 N–H and O–H groups in total. The normalized spacial score (nSPS) is 19.3. The average Bonchev–Trinajstić information content (AvgIpc) is 3.35. The van der Waals surface area contributed by atoms with E-state index in [1.807, 2.05) is 43.0 Å². The quantitative estimate of drug-likeness (QED) is 0.776. The zero-order valence-corrected chi connectivity index (χ0v) is 15.2. The molecule has 1 saturated carbocycles. The van der Waals surface area contributed by atoms with Crippen LogP contribution in [-0.2, 0) is 16.0 Å². The maximum atomic E-state index is 12.6. The third-order valence-electron chi connectivity index (χ3n) is 5.39. The fraction of sp³-hybridized carbons (Fsp3) is 0.524. The van der Waals surface area contributed by atoms with Crippen molar-refractivity contribution in [3.63, 3.8) is 0 Å². The lowest BCUT2D eigenvalue weighted by atomic mass is 9.90. The number of fused-ring (bicyclic) bond motifs is 1. The lowest BCUT2D eigenvalue weighted by Gasteiger charge is -2.18. The molecule has 0 radical (unpaired) electrons. The van der Waals surface area contributed by atoms with E-state index in [0.29, 0.717) is 12.3 Å². The number of carbonyl (C=O) groups excluding carboxylic acids is 2. The van der Waals surface area contributed by atoms with E-state index in [1.165, 1.54) is 5.56 Å². The summed E-state index contributed by atoms with van der Waals surface area (Å²) in [6.45, 7) is 4.67. The first kappa shape index (κ1) is 17.9. The Morgan fingerprint density at radius 3 is 2.68 bits per heavy atom. The van der Waals surface area contributed by atoms with Crippen LogP contribution in [0.4, 0.5) is 5.69 Å². The second-order valence-corrected chi connectivity index (χ2v) is 7.67. The molecule has 0 bridgehead atoms. The van der Waals surface area contributed by atoms with E-state index in [2.05, 4.69) is 6.07 Å². The van der Waals surface area contributed by atoms with Gasteiger partial charge in [-0.25, -0.2) is 0 Å². The highest BCUT2D eigenvalue weighted by atomic mass is 16.2. The molecule has 2 atom stereocenters. The number of rotatable bonds is 7. The summed E-state index contributed by atoms with van der Waals surface area (Å²) in [6, 6.07) is 7.64. The van der Waals surface area contributed by atoms with Gasteiger partial charge in [-0.1, -0.05) is 38.1 Å². The first-order chi connectivity index (χ1) is 12.0. The largest absolute Gasteiger partial charge is 0.321 e. The molecule has 4 nitrogen and oxygen atoms in total. The first-order valence-electron chi connectivity index (χ1n) is 9.33. The van der Waals surface area contributed by atoms with Gasteiger partial charge in [-0.2, -0.15) is 0 Å². The topological polar surface area (TPSA) is 63.4 Å².